The Morgan fingerprint density at radius 2 is 1.35 bits per heavy atom. The number of aryl methyl sites for hydroxylation is 1. The number of carbonyl (C=O) groups excluding carboxylic acids is 1. The molecule has 0 atom stereocenters. The van der Waals surface area contributed by atoms with Crippen LogP contribution in [-0.4, -0.2) is 51.9 Å². The summed E-state index contributed by atoms with van der Waals surface area (Å²) in [6, 6.07) is 32.6. The molecule has 1 heterocycles. The van der Waals surface area contributed by atoms with Gasteiger partial charge in [-0.2, -0.15) is 0 Å². The third kappa shape index (κ3) is 6.08. The molecule has 5 rings (SSSR count). The van der Waals surface area contributed by atoms with Crippen LogP contribution in [0.25, 0.3) is 0 Å². The fraction of sp³-hybridized carbons (Fsp3) is 0.219. The van der Waals surface area contributed by atoms with Crippen LogP contribution in [0.5, 0.6) is 0 Å². The summed E-state index contributed by atoms with van der Waals surface area (Å²) in [6.45, 7) is 3.97. The lowest BCUT2D eigenvalue weighted by Gasteiger charge is -2.37. The molecule has 8 heteroatoms. The summed E-state index contributed by atoms with van der Waals surface area (Å²) in [5.74, 6) is -0.761. The fourth-order valence-corrected chi connectivity index (χ4v) is 6.68. The fourth-order valence-electron chi connectivity index (χ4n) is 5.27. The zero-order valence-corrected chi connectivity index (χ0v) is 23.2. The zero-order chi connectivity index (χ0) is 28.1. The Morgan fingerprint density at radius 3 is 1.88 bits per heavy atom. The molecule has 6 nitrogen and oxygen atoms in total. The molecule has 0 radical (unpaired) electrons. The summed E-state index contributed by atoms with van der Waals surface area (Å²) < 4.78 is 42.1. The highest BCUT2D eigenvalue weighted by Gasteiger charge is 2.34. The van der Waals surface area contributed by atoms with Crippen molar-refractivity contribution in [3.8, 4) is 0 Å². The number of carbonyl (C=O) groups is 1. The molecule has 1 aliphatic heterocycles. The molecule has 1 aliphatic rings. The van der Waals surface area contributed by atoms with Crippen molar-refractivity contribution in [2.45, 2.75) is 17.9 Å². The molecule has 0 bridgehead atoms. The predicted octanol–water partition coefficient (Wildman–Crippen LogP) is 3.85. The Balaban J connectivity index is 1.34. The van der Waals surface area contributed by atoms with Gasteiger partial charge in [0.25, 0.3) is 10.0 Å². The van der Waals surface area contributed by atoms with Crippen LogP contribution in [0, 0.1) is 12.7 Å². The van der Waals surface area contributed by atoms with Crippen molar-refractivity contribution in [1.82, 2.24) is 4.90 Å². The maximum Gasteiger partial charge on any atom is 0.264 e. The summed E-state index contributed by atoms with van der Waals surface area (Å²) >= 11 is 0. The Morgan fingerprint density at radius 1 is 0.825 bits per heavy atom. The second-order valence-electron chi connectivity index (χ2n) is 10.1. The first-order valence-electron chi connectivity index (χ1n) is 13.4. The van der Waals surface area contributed by atoms with Crippen molar-refractivity contribution in [3.05, 3.63) is 132 Å². The van der Waals surface area contributed by atoms with E-state index in [9.17, 15) is 17.6 Å². The number of piperazine rings is 1. The van der Waals surface area contributed by atoms with E-state index < -0.39 is 15.8 Å². The van der Waals surface area contributed by atoms with Crippen LogP contribution >= 0.6 is 0 Å². The van der Waals surface area contributed by atoms with E-state index in [4.69, 9.17) is 0 Å². The molecule has 0 unspecified atom stereocenters. The number of nitrogens with zero attached hydrogens (tertiary/aromatic N) is 2. The maximum absolute atomic E-state index is 13.7. The number of sulfonamides is 1. The quantitative estimate of drug-likeness (QED) is 0.358. The van der Waals surface area contributed by atoms with Gasteiger partial charge in [0.05, 0.1) is 36.8 Å². The average molecular weight is 559 g/mol. The van der Waals surface area contributed by atoms with Crippen LogP contribution in [-0.2, 0) is 14.8 Å². The molecule has 4 aromatic rings. The highest BCUT2D eigenvalue weighted by atomic mass is 32.2. The molecule has 40 heavy (non-hydrogen) atoms. The third-order valence-electron chi connectivity index (χ3n) is 7.43. The van der Waals surface area contributed by atoms with E-state index >= 15 is 0 Å². The van der Waals surface area contributed by atoms with Crippen molar-refractivity contribution in [2.75, 3.05) is 37.0 Å². The Bertz CT molecular complexity index is 1480. The van der Waals surface area contributed by atoms with Gasteiger partial charge in [-0.15, -0.1) is 0 Å². The minimum Gasteiger partial charge on any atom is -0.330 e. The number of amides is 1. The summed E-state index contributed by atoms with van der Waals surface area (Å²) in [7, 11) is -4.06. The number of halogens is 1. The lowest BCUT2D eigenvalue weighted by Crippen LogP contribution is -3.15. The molecule has 1 N–H and O–H groups in total. The zero-order valence-electron chi connectivity index (χ0n) is 22.4. The predicted molar refractivity (Wildman–Crippen MR) is 154 cm³/mol. The summed E-state index contributed by atoms with van der Waals surface area (Å²) in [5, 5.41) is 0. The van der Waals surface area contributed by atoms with Gasteiger partial charge in [-0.25, -0.2) is 12.8 Å². The van der Waals surface area contributed by atoms with Gasteiger partial charge in [-0.1, -0.05) is 78.4 Å². The second kappa shape index (κ2) is 12.0. The van der Waals surface area contributed by atoms with Crippen LogP contribution in [0.15, 0.2) is 114 Å². The molecule has 1 saturated heterocycles. The molecule has 0 aliphatic carbocycles. The monoisotopic (exact) mass is 558 g/mol. The molecule has 1 amide bonds. The van der Waals surface area contributed by atoms with Gasteiger partial charge >= 0.3 is 0 Å². The minimum absolute atomic E-state index is 0.0815. The summed E-state index contributed by atoms with van der Waals surface area (Å²) in [5.41, 5.74) is 3.60. The minimum atomic E-state index is -4.06. The van der Waals surface area contributed by atoms with Gasteiger partial charge in [-0.3, -0.25) is 9.10 Å². The van der Waals surface area contributed by atoms with Crippen LogP contribution in [0.3, 0.4) is 0 Å². The number of quaternary nitrogens is 1. The van der Waals surface area contributed by atoms with E-state index in [1.165, 1.54) is 52.4 Å². The van der Waals surface area contributed by atoms with E-state index in [2.05, 4.69) is 24.3 Å². The number of rotatable bonds is 8. The average Bonchev–Trinajstić information content (AvgIpc) is 2.98. The van der Waals surface area contributed by atoms with Crippen LogP contribution in [0.2, 0.25) is 0 Å². The molecule has 0 spiro atoms. The largest absolute Gasteiger partial charge is 0.330 e. The number of hydrogen-bond donors (Lipinski definition) is 1. The van der Waals surface area contributed by atoms with E-state index in [1.807, 2.05) is 43.3 Å². The summed E-state index contributed by atoms with van der Waals surface area (Å²) in [6.07, 6.45) is 0. The van der Waals surface area contributed by atoms with Crippen molar-refractivity contribution >= 4 is 21.6 Å². The SMILES string of the molecule is Cc1ccc(S(=O)(=O)N(CC(=O)N2CC[NH+](C(c3ccccc3)c3ccccc3)CC2)c2ccc(F)cc2)cc1. The highest BCUT2D eigenvalue weighted by Crippen LogP contribution is 2.25. The maximum atomic E-state index is 13.7. The standard InChI is InChI=1S/C32H32FN3O3S/c1-25-12-18-30(19-13-25)40(38,39)36(29-16-14-28(33)15-17-29)24-31(37)34-20-22-35(23-21-34)32(26-8-4-2-5-9-26)27-10-6-3-7-11-27/h2-19,32H,20-24H2,1H3/p+1. The number of nitrogens with one attached hydrogen (secondary N) is 1. The first-order chi connectivity index (χ1) is 19.3. The number of anilines is 1. The Hall–Kier alpha value is -4.01. The normalized spacial score (nSPS) is 14.3. The molecule has 1 fully saturated rings. The van der Waals surface area contributed by atoms with Gasteiger partial charge in [0, 0.05) is 11.1 Å². The molecular weight excluding hydrogens is 525 g/mol. The topological polar surface area (TPSA) is 62.1 Å². The van der Waals surface area contributed by atoms with E-state index in [-0.39, 0.29) is 29.1 Å². The van der Waals surface area contributed by atoms with Crippen LogP contribution in [0.4, 0.5) is 10.1 Å². The molecule has 4 aromatic carbocycles. The molecule has 0 saturated carbocycles. The van der Waals surface area contributed by atoms with E-state index in [0.29, 0.717) is 13.1 Å². The molecule has 206 valence electrons. The van der Waals surface area contributed by atoms with E-state index in [0.717, 1.165) is 23.0 Å². The Labute approximate surface area is 235 Å². The van der Waals surface area contributed by atoms with E-state index in [1.54, 1.807) is 17.0 Å². The van der Waals surface area contributed by atoms with Gasteiger partial charge in [0.2, 0.25) is 5.91 Å². The smallest absolute Gasteiger partial charge is 0.264 e. The van der Waals surface area contributed by atoms with Crippen LogP contribution < -0.4 is 9.21 Å². The van der Waals surface area contributed by atoms with Gasteiger partial charge in [0.1, 0.15) is 18.4 Å². The molecular formula is C32H33FN3O3S+. The summed E-state index contributed by atoms with van der Waals surface area (Å²) in [4.78, 5) is 16.7. The van der Waals surface area contributed by atoms with Crippen molar-refractivity contribution in [3.63, 3.8) is 0 Å². The van der Waals surface area contributed by atoms with Gasteiger partial charge < -0.3 is 9.80 Å². The van der Waals surface area contributed by atoms with Crippen LogP contribution in [0.1, 0.15) is 22.7 Å². The third-order valence-corrected chi connectivity index (χ3v) is 9.22. The Kier molecular flexibility index (Phi) is 8.28. The van der Waals surface area contributed by atoms with Crippen molar-refractivity contribution < 1.29 is 22.5 Å². The lowest BCUT2D eigenvalue weighted by molar-refractivity contribution is -0.929. The first kappa shape index (κ1) is 27.6. The first-order valence-corrected chi connectivity index (χ1v) is 14.8. The second-order valence-corrected chi connectivity index (χ2v) is 12.0. The van der Waals surface area contributed by atoms with Crippen molar-refractivity contribution in [2.24, 2.45) is 0 Å². The highest BCUT2D eigenvalue weighted by molar-refractivity contribution is 7.92. The van der Waals surface area contributed by atoms with Gasteiger partial charge in [-0.05, 0) is 43.3 Å². The number of benzene rings is 4. The van der Waals surface area contributed by atoms with Gasteiger partial charge in [0.15, 0.2) is 0 Å². The lowest BCUT2D eigenvalue weighted by atomic mass is 9.96. The number of hydrogen-bond acceptors (Lipinski definition) is 3. The molecule has 0 aromatic heterocycles. The van der Waals surface area contributed by atoms with Crippen molar-refractivity contribution in [1.29, 1.82) is 0 Å².